The van der Waals surface area contributed by atoms with E-state index in [0.29, 0.717) is 0 Å². The van der Waals surface area contributed by atoms with Crippen LogP contribution in [0.2, 0.25) is 0 Å². The van der Waals surface area contributed by atoms with Crippen LogP contribution in [0, 0.1) is 13.8 Å². The standard InChI is InChI=1S/C41H40N2O/c1-27-15-8-11-18-33(27)40(3,4)34-20-14-21-36(43(34)7)41(5,35-19-12-13-26-42(35)6)37-28(2)22-24-32-31-25-23-29-16-9-10-17-30(29)38(31)44-39(32)37/h8-26H,1-7H3/q+2. The number of furan rings is 1. The molecule has 0 amide bonds. The zero-order chi connectivity index (χ0) is 30.8. The van der Waals surface area contributed by atoms with Gasteiger partial charge in [0.25, 0.3) is 0 Å². The van der Waals surface area contributed by atoms with Gasteiger partial charge >= 0.3 is 0 Å². The highest BCUT2D eigenvalue weighted by Gasteiger charge is 2.48. The molecule has 3 aromatic heterocycles. The van der Waals surface area contributed by atoms with Crippen LogP contribution in [0.15, 0.2) is 120 Å². The number of fused-ring (bicyclic) bond motifs is 5. The largest absolute Gasteiger partial charge is 0.455 e. The first-order valence-electron chi connectivity index (χ1n) is 15.5. The SMILES string of the molecule is Cc1ccccc1C(C)(C)c1cccc(C(C)(c2c(C)ccc3c2oc2c4ccccc4ccc32)c2cccc[n+]2C)[n+]1C. The lowest BCUT2D eigenvalue weighted by atomic mass is 9.72. The lowest BCUT2D eigenvalue weighted by Gasteiger charge is -2.30. The monoisotopic (exact) mass is 576 g/mol. The molecule has 0 radical (unpaired) electrons. The molecule has 7 aromatic rings. The molecule has 0 N–H and O–H groups in total. The first kappa shape index (κ1) is 28.0. The summed E-state index contributed by atoms with van der Waals surface area (Å²) in [6.07, 6.45) is 2.15. The maximum absolute atomic E-state index is 7.01. The number of benzene rings is 4. The minimum absolute atomic E-state index is 0.213. The predicted molar refractivity (Wildman–Crippen MR) is 180 cm³/mol. The Morgan fingerprint density at radius 2 is 1.20 bits per heavy atom. The smallest absolute Gasteiger partial charge is 0.202 e. The molecular weight excluding hydrogens is 536 g/mol. The highest BCUT2D eigenvalue weighted by atomic mass is 16.3. The van der Waals surface area contributed by atoms with Gasteiger partial charge in [-0.05, 0) is 68.8 Å². The van der Waals surface area contributed by atoms with Crippen LogP contribution in [-0.2, 0) is 24.9 Å². The van der Waals surface area contributed by atoms with Gasteiger partial charge in [-0.25, -0.2) is 9.13 Å². The Balaban J connectivity index is 1.58. The van der Waals surface area contributed by atoms with Gasteiger partial charge in [0.15, 0.2) is 17.3 Å². The quantitative estimate of drug-likeness (QED) is 0.188. The van der Waals surface area contributed by atoms with E-state index in [2.05, 4.69) is 173 Å². The van der Waals surface area contributed by atoms with Crippen molar-refractivity contribution in [3.63, 3.8) is 0 Å². The number of nitrogens with zero attached hydrogens (tertiary/aromatic N) is 2. The second-order valence-electron chi connectivity index (χ2n) is 13.0. The molecule has 3 heterocycles. The Labute approximate surface area is 260 Å². The van der Waals surface area contributed by atoms with Crippen molar-refractivity contribution in [1.29, 1.82) is 0 Å². The van der Waals surface area contributed by atoms with Crippen LogP contribution in [0.1, 0.15) is 60.1 Å². The number of hydrogen-bond acceptors (Lipinski definition) is 1. The minimum atomic E-state index is -0.546. The first-order valence-corrected chi connectivity index (χ1v) is 15.5. The van der Waals surface area contributed by atoms with Crippen LogP contribution in [0.3, 0.4) is 0 Å². The number of pyridine rings is 2. The summed E-state index contributed by atoms with van der Waals surface area (Å²) in [4.78, 5) is 0. The molecule has 0 aliphatic carbocycles. The lowest BCUT2D eigenvalue weighted by molar-refractivity contribution is -0.702. The molecule has 7 rings (SSSR count). The maximum Gasteiger partial charge on any atom is 0.202 e. The third kappa shape index (κ3) is 4.02. The van der Waals surface area contributed by atoms with Gasteiger partial charge in [-0.15, -0.1) is 0 Å². The fourth-order valence-electron chi connectivity index (χ4n) is 7.84. The second-order valence-corrected chi connectivity index (χ2v) is 13.0. The van der Waals surface area contributed by atoms with Gasteiger partial charge in [-0.3, -0.25) is 0 Å². The zero-order valence-electron chi connectivity index (χ0n) is 26.8. The molecule has 218 valence electrons. The Hall–Kier alpha value is -4.76. The lowest BCUT2D eigenvalue weighted by Crippen LogP contribution is -2.53. The molecule has 0 bridgehead atoms. The van der Waals surface area contributed by atoms with E-state index in [0.717, 1.165) is 27.3 Å². The van der Waals surface area contributed by atoms with Crippen LogP contribution in [0.4, 0.5) is 0 Å². The number of aryl methyl sites for hydroxylation is 3. The van der Waals surface area contributed by atoms with Crippen molar-refractivity contribution in [3.05, 3.63) is 155 Å². The van der Waals surface area contributed by atoms with Crippen molar-refractivity contribution in [2.45, 2.75) is 45.4 Å². The van der Waals surface area contributed by atoms with Gasteiger partial charge in [-0.2, -0.15) is 0 Å². The summed E-state index contributed by atoms with van der Waals surface area (Å²) >= 11 is 0. The molecule has 0 spiro atoms. The van der Waals surface area contributed by atoms with E-state index in [1.54, 1.807) is 0 Å². The van der Waals surface area contributed by atoms with Crippen LogP contribution >= 0.6 is 0 Å². The van der Waals surface area contributed by atoms with Crippen molar-refractivity contribution < 1.29 is 13.6 Å². The fraction of sp³-hybridized carbons (Fsp3) is 0.220. The van der Waals surface area contributed by atoms with Crippen LogP contribution in [-0.4, -0.2) is 0 Å². The molecule has 0 fully saturated rings. The van der Waals surface area contributed by atoms with Gasteiger partial charge in [0, 0.05) is 46.0 Å². The predicted octanol–water partition coefficient (Wildman–Crippen LogP) is 8.69. The minimum Gasteiger partial charge on any atom is -0.455 e. The number of rotatable bonds is 5. The van der Waals surface area contributed by atoms with Crippen LogP contribution in [0.5, 0.6) is 0 Å². The van der Waals surface area contributed by atoms with E-state index < -0.39 is 5.41 Å². The normalized spacial score (nSPS) is 13.5. The third-order valence-corrected chi connectivity index (χ3v) is 10.0. The van der Waals surface area contributed by atoms with Crippen molar-refractivity contribution in [2.75, 3.05) is 0 Å². The van der Waals surface area contributed by atoms with E-state index in [1.807, 2.05) is 0 Å². The average molecular weight is 577 g/mol. The summed E-state index contributed by atoms with van der Waals surface area (Å²) in [6.45, 7) is 11.5. The highest BCUT2D eigenvalue weighted by molar-refractivity contribution is 6.15. The average Bonchev–Trinajstić information content (AvgIpc) is 3.40. The molecule has 3 heteroatoms. The van der Waals surface area contributed by atoms with E-state index in [4.69, 9.17) is 4.42 Å². The second kappa shape index (κ2) is 10.2. The molecule has 0 saturated heterocycles. The number of hydrogen-bond donors (Lipinski definition) is 0. The van der Waals surface area contributed by atoms with Gasteiger partial charge in [0.2, 0.25) is 11.4 Å². The van der Waals surface area contributed by atoms with E-state index in [-0.39, 0.29) is 5.41 Å². The highest BCUT2D eigenvalue weighted by Crippen LogP contribution is 2.45. The van der Waals surface area contributed by atoms with Crippen molar-refractivity contribution >= 4 is 32.7 Å². The number of aromatic nitrogens is 2. The molecule has 0 aliphatic heterocycles. The Morgan fingerprint density at radius 3 is 2.00 bits per heavy atom. The van der Waals surface area contributed by atoms with Crippen molar-refractivity contribution in [1.82, 2.24) is 0 Å². The molecule has 1 atom stereocenters. The Bertz CT molecular complexity index is 2220. The molecule has 44 heavy (non-hydrogen) atoms. The van der Waals surface area contributed by atoms with Crippen LogP contribution in [0.25, 0.3) is 32.7 Å². The molecule has 0 aliphatic rings. The maximum atomic E-state index is 7.01. The topological polar surface area (TPSA) is 20.9 Å². The van der Waals surface area contributed by atoms with Gasteiger partial charge < -0.3 is 4.42 Å². The Morgan fingerprint density at radius 1 is 0.545 bits per heavy atom. The van der Waals surface area contributed by atoms with E-state index in [9.17, 15) is 0 Å². The summed E-state index contributed by atoms with van der Waals surface area (Å²) in [5, 5.41) is 4.63. The van der Waals surface area contributed by atoms with Crippen molar-refractivity contribution in [3.8, 4) is 0 Å². The van der Waals surface area contributed by atoms with Gasteiger partial charge in [0.1, 0.15) is 25.3 Å². The fourth-order valence-corrected chi connectivity index (χ4v) is 7.84. The van der Waals surface area contributed by atoms with Crippen LogP contribution < -0.4 is 9.13 Å². The summed E-state index contributed by atoms with van der Waals surface area (Å²) in [6, 6.07) is 39.5. The zero-order valence-corrected chi connectivity index (χ0v) is 26.8. The van der Waals surface area contributed by atoms with E-state index in [1.165, 1.54) is 44.7 Å². The van der Waals surface area contributed by atoms with Gasteiger partial charge in [-0.1, -0.05) is 72.8 Å². The molecule has 1 unspecified atom stereocenters. The summed E-state index contributed by atoms with van der Waals surface area (Å²) in [5.74, 6) is 0. The van der Waals surface area contributed by atoms with E-state index >= 15 is 0 Å². The Kier molecular flexibility index (Phi) is 6.48. The summed E-state index contributed by atoms with van der Waals surface area (Å²) in [5.41, 5.74) is 9.84. The molecule has 0 saturated carbocycles. The first-order chi connectivity index (χ1) is 21.1. The van der Waals surface area contributed by atoms with Crippen molar-refractivity contribution in [2.24, 2.45) is 14.1 Å². The summed E-state index contributed by atoms with van der Waals surface area (Å²) in [7, 11) is 4.38. The van der Waals surface area contributed by atoms with Gasteiger partial charge in [0.05, 0.1) is 5.41 Å². The molecule has 3 nitrogen and oxygen atoms in total. The summed E-state index contributed by atoms with van der Waals surface area (Å²) < 4.78 is 11.7. The third-order valence-electron chi connectivity index (χ3n) is 10.0. The molecular formula is C41H40N2O+2. The molecule has 4 aromatic carbocycles.